The van der Waals surface area contributed by atoms with E-state index in [1.165, 1.54) is 19.1 Å². The Kier molecular flexibility index (Phi) is 7.79. The second-order valence-electron chi connectivity index (χ2n) is 11.4. The molecule has 2 aliphatic heterocycles. The molecular weight excluding hydrogens is 509 g/mol. The number of amides is 1. The fourth-order valence-electron chi connectivity index (χ4n) is 6.75. The summed E-state index contributed by atoms with van der Waals surface area (Å²) in [5.74, 6) is 0.423. The maximum Gasteiger partial charge on any atom is 0.416 e. The van der Waals surface area contributed by atoms with Crippen LogP contribution in [0.2, 0.25) is 0 Å². The minimum atomic E-state index is -4.48. The van der Waals surface area contributed by atoms with Gasteiger partial charge in [0.25, 0.3) is 11.5 Å². The summed E-state index contributed by atoms with van der Waals surface area (Å²) in [6.07, 6.45) is 0.684. The molecule has 1 aromatic heterocycles. The van der Waals surface area contributed by atoms with Crippen LogP contribution in [0.5, 0.6) is 0 Å². The molecule has 5 rings (SSSR count). The minimum absolute atomic E-state index is 0.0745. The summed E-state index contributed by atoms with van der Waals surface area (Å²) in [6, 6.07) is 4.95. The molecule has 212 valence electrons. The highest BCUT2D eigenvalue weighted by molar-refractivity contribution is 5.99. The number of nitrogens with zero attached hydrogens (tertiary/aromatic N) is 2. The molecule has 39 heavy (non-hydrogen) atoms. The molecular formula is C29H37F3N4O3. The Balaban J connectivity index is 1.46. The number of hydrogen-bond acceptors (Lipinski definition) is 5. The highest BCUT2D eigenvalue weighted by atomic mass is 19.4. The maximum atomic E-state index is 13.7. The molecule has 0 radical (unpaired) electrons. The van der Waals surface area contributed by atoms with Crippen LogP contribution < -0.4 is 16.2 Å². The maximum absolute atomic E-state index is 13.7. The lowest BCUT2D eigenvalue weighted by molar-refractivity contribution is -0.138. The van der Waals surface area contributed by atoms with E-state index >= 15 is 0 Å². The first-order valence-electron chi connectivity index (χ1n) is 13.8. The highest BCUT2D eigenvalue weighted by Crippen LogP contribution is 2.39. The van der Waals surface area contributed by atoms with Crippen LogP contribution in [-0.4, -0.2) is 54.8 Å². The molecule has 2 N–H and O–H groups in total. The smallest absolute Gasteiger partial charge is 0.381 e. The Morgan fingerprint density at radius 1 is 1.10 bits per heavy atom. The lowest BCUT2D eigenvalue weighted by Gasteiger charge is -2.37. The number of alkyl halides is 3. The number of nitrogens with one attached hydrogen (secondary N) is 2. The number of carbonyl (C=O) groups excluding carboxylic acids is 1. The van der Waals surface area contributed by atoms with E-state index in [-0.39, 0.29) is 23.2 Å². The summed E-state index contributed by atoms with van der Waals surface area (Å²) in [5.41, 5.74) is 0.415. The van der Waals surface area contributed by atoms with Gasteiger partial charge in [-0.3, -0.25) is 9.59 Å². The van der Waals surface area contributed by atoms with Crippen molar-refractivity contribution < 1.29 is 22.7 Å². The number of fused-ring (bicyclic) bond motifs is 2. The Hall–Kier alpha value is -2.85. The molecule has 1 aliphatic carbocycles. The number of rotatable bonds is 6. The van der Waals surface area contributed by atoms with E-state index in [4.69, 9.17) is 4.74 Å². The van der Waals surface area contributed by atoms with Crippen LogP contribution in [-0.2, 0) is 10.9 Å². The number of benzene rings is 1. The Labute approximate surface area is 226 Å². The number of carbonyl (C=O) groups is 1. The molecule has 3 aliphatic rings. The zero-order chi connectivity index (χ0) is 27.9. The van der Waals surface area contributed by atoms with Crippen molar-refractivity contribution in [3.63, 3.8) is 0 Å². The number of hydrogen-bond donors (Lipinski definition) is 2. The van der Waals surface area contributed by atoms with Crippen molar-refractivity contribution in [1.29, 1.82) is 0 Å². The van der Waals surface area contributed by atoms with Crippen molar-refractivity contribution >= 4 is 11.6 Å². The minimum Gasteiger partial charge on any atom is -0.381 e. The van der Waals surface area contributed by atoms with Gasteiger partial charge in [0.05, 0.1) is 22.9 Å². The van der Waals surface area contributed by atoms with E-state index in [1.807, 2.05) is 0 Å². The standard InChI is InChI=1S/C29H37F3N4O3/c1-17-22(5-4-6-24(17)29(30,31)32)18(2)33-28(38)23-16-36(21-9-11-39-12-10-21)26(37)13-25(23)34-27-19-7-8-20(27)15-35(3)14-19/h4-6,13,16,18-21,27,34H,7-12,14-15H2,1-3H3,(H,33,38)/t18-,19-,20+,27+/m1/s1. The van der Waals surface area contributed by atoms with E-state index < -0.39 is 23.7 Å². The fraction of sp³-hybridized carbons (Fsp3) is 0.586. The van der Waals surface area contributed by atoms with E-state index in [9.17, 15) is 22.8 Å². The summed E-state index contributed by atoms with van der Waals surface area (Å²) >= 11 is 0. The number of anilines is 1. The average Bonchev–Trinajstić information content (AvgIpc) is 3.11. The molecule has 4 atom stereocenters. The Morgan fingerprint density at radius 3 is 2.41 bits per heavy atom. The fourth-order valence-corrected chi connectivity index (χ4v) is 6.75. The van der Waals surface area contributed by atoms with Gasteiger partial charge < -0.3 is 24.8 Å². The van der Waals surface area contributed by atoms with Crippen LogP contribution >= 0.6 is 0 Å². The van der Waals surface area contributed by atoms with Gasteiger partial charge in [0.1, 0.15) is 0 Å². The van der Waals surface area contributed by atoms with E-state index in [0.29, 0.717) is 54.7 Å². The quantitative estimate of drug-likeness (QED) is 0.546. The molecule has 0 unspecified atom stereocenters. The van der Waals surface area contributed by atoms with Crippen molar-refractivity contribution in [2.75, 3.05) is 38.7 Å². The summed E-state index contributed by atoms with van der Waals surface area (Å²) < 4.78 is 47.6. The first kappa shape index (κ1) is 27.7. The van der Waals surface area contributed by atoms with Gasteiger partial charge in [0.2, 0.25) is 0 Å². The first-order valence-corrected chi connectivity index (χ1v) is 13.8. The van der Waals surface area contributed by atoms with Crippen molar-refractivity contribution in [3.8, 4) is 0 Å². The van der Waals surface area contributed by atoms with E-state index in [0.717, 1.165) is 32.0 Å². The number of halogens is 3. The Morgan fingerprint density at radius 2 is 1.77 bits per heavy atom. The van der Waals surface area contributed by atoms with Crippen molar-refractivity contribution in [2.45, 2.75) is 63.8 Å². The third kappa shape index (κ3) is 5.72. The van der Waals surface area contributed by atoms with Crippen molar-refractivity contribution in [1.82, 2.24) is 14.8 Å². The van der Waals surface area contributed by atoms with Crippen LogP contribution in [0.1, 0.15) is 71.7 Å². The van der Waals surface area contributed by atoms with Crippen LogP contribution in [0.3, 0.4) is 0 Å². The highest BCUT2D eigenvalue weighted by Gasteiger charge is 2.41. The summed E-state index contributed by atoms with van der Waals surface area (Å²) in [6.45, 7) is 6.11. The second-order valence-corrected chi connectivity index (χ2v) is 11.4. The Bertz CT molecular complexity index is 1260. The number of likely N-dealkylation sites (tertiary alicyclic amines) is 1. The molecule has 7 nitrogen and oxygen atoms in total. The van der Waals surface area contributed by atoms with Crippen LogP contribution in [0.25, 0.3) is 0 Å². The predicted octanol–water partition coefficient (Wildman–Crippen LogP) is 4.77. The summed E-state index contributed by atoms with van der Waals surface area (Å²) in [4.78, 5) is 29.3. The van der Waals surface area contributed by atoms with Crippen LogP contribution in [0.4, 0.5) is 18.9 Å². The van der Waals surface area contributed by atoms with Crippen molar-refractivity contribution in [2.24, 2.45) is 11.8 Å². The molecule has 0 spiro atoms. The van der Waals surface area contributed by atoms with Gasteiger partial charge in [-0.2, -0.15) is 13.2 Å². The molecule has 10 heteroatoms. The molecule has 1 amide bonds. The zero-order valence-electron chi connectivity index (χ0n) is 22.7. The topological polar surface area (TPSA) is 75.6 Å². The third-order valence-corrected chi connectivity index (χ3v) is 8.74. The molecule has 3 heterocycles. The normalized spacial score (nSPS) is 24.9. The van der Waals surface area contributed by atoms with Gasteiger partial charge in [-0.25, -0.2) is 0 Å². The average molecular weight is 547 g/mol. The molecule has 1 aromatic carbocycles. The van der Waals surface area contributed by atoms with Gasteiger partial charge in [0.15, 0.2) is 0 Å². The number of piperidine rings is 1. The van der Waals surface area contributed by atoms with Gasteiger partial charge in [-0.05, 0) is 75.6 Å². The lowest BCUT2D eigenvalue weighted by atomic mass is 9.92. The molecule has 2 bridgehead atoms. The number of pyridine rings is 1. The largest absolute Gasteiger partial charge is 0.416 e. The molecule has 2 saturated heterocycles. The first-order chi connectivity index (χ1) is 18.5. The summed E-state index contributed by atoms with van der Waals surface area (Å²) in [5, 5.41) is 6.47. The van der Waals surface area contributed by atoms with Crippen molar-refractivity contribution in [3.05, 3.63) is 63.1 Å². The molecule has 2 aromatic rings. The summed E-state index contributed by atoms with van der Waals surface area (Å²) in [7, 11) is 2.12. The lowest BCUT2D eigenvalue weighted by Crippen LogP contribution is -2.47. The predicted molar refractivity (Wildman–Crippen MR) is 143 cm³/mol. The molecule has 1 saturated carbocycles. The van der Waals surface area contributed by atoms with Gasteiger partial charge in [-0.15, -0.1) is 0 Å². The van der Waals surface area contributed by atoms with E-state index in [1.54, 1.807) is 23.8 Å². The van der Waals surface area contributed by atoms with E-state index in [2.05, 4.69) is 22.6 Å². The number of aromatic nitrogens is 1. The SMILES string of the molecule is Cc1c([C@@H](C)NC(=O)c2cn(C3CCOCC3)c(=O)cc2N[C@H]2[C@@H]3CC[C@H]2CN(C)C3)cccc1C(F)(F)F. The van der Waals surface area contributed by atoms with Crippen LogP contribution in [0, 0.1) is 18.8 Å². The zero-order valence-corrected chi connectivity index (χ0v) is 22.7. The van der Waals surface area contributed by atoms with Gasteiger partial charge in [0, 0.05) is 50.7 Å². The second kappa shape index (κ2) is 11.0. The van der Waals surface area contributed by atoms with Gasteiger partial charge in [-0.1, -0.05) is 12.1 Å². The monoisotopic (exact) mass is 546 g/mol. The third-order valence-electron chi connectivity index (χ3n) is 8.74. The van der Waals surface area contributed by atoms with Crippen LogP contribution in [0.15, 0.2) is 35.3 Å². The molecule has 3 fully saturated rings. The number of ether oxygens (including phenoxy) is 1. The van der Waals surface area contributed by atoms with Gasteiger partial charge >= 0.3 is 6.18 Å².